The van der Waals surface area contributed by atoms with Crippen LogP contribution in [-0.4, -0.2) is 58.4 Å². The van der Waals surface area contributed by atoms with Gasteiger partial charge in [-0.05, 0) is 60.4 Å². The summed E-state index contributed by atoms with van der Waals surface area (Å²) >= 11 is 0. The summed E-state index contributed by atoms with van der Waals surface area (Å²) in [6.07, 6.45) is 4.80. The van der Waals surface area contributed by atoms with E-state index in [4.69, 9.17) is 4.74 Å². The van der Waals surface area contributed by atoms with Crippen molar-refractivity contribution in [1.29, 1.82) is 0 Å². The number of piperazine rings is 1. The molecule has 3 aromatic rings. The van der Waals surface area contributed by atoms with Crippen LogP contribution in [0.1, 0.15) is 60.3 Å². The van der Waals surface area contributed by atoms with Gasteiger partial charge in [-0.25, -0.2) is 4.68 Å². The first-order valence-electron chi connectivity index (χ1n) is 12.1. The molecule has 1 aromatic heterocycles. The monoisotopic (exact) mass is 446 g/mol. The van der Waals surface area contributed by atoms with Gasteiger partial charge in [0, 0.05) is 37.4 Å². The van der Waals surface area contributed by atoms with Gasteiger partial charge in [0.15, 0.2) is 5.82 Å². The van der Waals surface area contributed by atoms with E-state index in [0.29, 0.717) is 6.04 Å². The van der Waals surface area contributed by atoms with Gasteiger partial charge in [-0.15, -0.1) is 5.10 Å². The Morgan fingerprint density at radius 2 is 1.73 bits per heavy atom. The SMILES string of the molecule is COc1ccccc1C(c1nnnn1C1CCCC1)N1CCN(c2cc(C)ccc2C)CC1. The van der Waals surface area contributed by atoms with Crippen molar-refractivity contribution in [1.82, 2.24) is 25.1 Å². The number of hydrogen-bond acceptors (Lipinski definition) is 6. The number of anilines is 1. The summed E-state index contributed by atoms with van der Waals surface area (Å²) in [6.45, 7) is 8.19. The van der Waals surface area contributed by atoms with Crippen molar-refractivity contribution in [2.24, 2.45) is 0 Å². The van der Waals surface area contributed by atoms with Crippen LogP contribution in [0.4, 0.5) is 5.69 Å². The van der Waals surface area contributed by atoms with E-state index in [0.717, 1.165) is 56.2 Å². The summed E-state index contributed by atoms with van der Waals surface area (Å²) in [5.74, 6) is 1.83. The van der Waals surface area contributed by atoms with Gasteiger partial charge in [0.05, 0.1) is 13.2 Å². The van der Waals surface area contributed by atoms with Crippen LogP contribution in [0.15, 0.2) is 42.5 Å². The number of hydrogen-bond donors (Lipinski definition) is 0. The molecule has 0 radical (unpaired) electrons. The Kier molecular flexibility index (Phi) is 6.31. The molecule has 0 N–H and O–H groups in total. The maximum absolute atomic E-state index is 5.78. The van der Waals surface area contributed by atoms with Crippen LogP contribution in [0.2, 0.25) is 0 Å². The molecule has 33 heavy (non-hydrogen) atoms. The van der Waals surface area contributed by atoms with E-state index in [1.54, 1.807) is 7.11 Å². The molecule has 7 heteroatoms. The third-order valence-electron chi connectivity index (χ3n) is 7.25. The zero-order chi connectivity index (χ0) is 22.8. The molecule has 1 atom stereocenters. The molecule has 1 unspecified atom stereocenters. The summed E-state index contributed by atoms with van der Waals surface area (Å²) in [5.41, 5.74) is 5.12. The number of aromatic nitrogens is 4. The highest BCUT2D eigenvalue weighted by Crippen LogP contribution is 2.38. The smallest absolute Gasteiger partial charge is 0.173 e. The minimum Gasteiger partial charge on any atom is -0.496 e. The van der Waals surface area contributed by atoms with Crippen LogP contribution in [0, 0.1) is 13.8 Å². The lowest BCUT2D eigenvalue weighted by Crippen LogP contribution is -2.48. The standard InChI is InChI=1S/C26H34N6O/c1-19-12-13-20(2)23(18-19)30-14-16-31(17-15-30)25(22-10-6-7-11-24(22)33-3)26-27-28-29-32(26)21-8-4-5-9-21/h6-7,10-13,18,21,25H,4-5,8-9,14-17H2,1-3H3. The minimum absolute atomic E-state index is 0.0301. The van der Waals surface area contributed by atoms with Crippen LogP contribution < -0.4 is 9.64 Å². The van der Waals surface area contributed by atoms with Gasteiger partial charge < -0.3 is 9.64 Å². The lowest BCUT2D eigenvalue weighted by molar-refractivity contribution is 0.194. The minimum atomic E-state index is -0.0301. The molecule has 7 nitrogen and oxygen atoms in total. The Balaban J connectivity index is 1.46. The maximum atomic E-state index is 5.78. The zero-order valence-corrected chi connectivity index (χ0v) is 19.9. The van der Waals surface area contributed by atoms with Crippen molar-refractivity contribution in [3.8, 4) is 5.75 Å². The van der Waals surface area contributed by atoms with Gasteiger partial charge in [0.1, 0.15) is 11.8 Å². The predicted molar refractivity (Wildman–Crippen MR) is 130 cm³/mol. The quantitative estimate of drug-likeness (QED) is 0.562. The summed E-state index contributed by atoms with van der Waals surface area (Å²) in [5, 5.41) is 13.2. The van der Waals surface area contributed by atoms with Gasteiger partial charge in [0.25, 0.3) is 0 Å². The van der Waals surface area contributed by atoms with Crippen molar-refractivity contribution in [3.05, 3.63) is 65.0 Å². The molecule has 0 amide bonds. The van der Waals surface area contributed by atoms with Crippen molar-refractivity contribution < 1.29 is 4.74 Å². The van der Waals surface area contributed by atoms with Crippen LogP contribution in [0.5, 0.6) is 5.75 Å². The largest absolute Gasteiger partial charge is 0.496 e. The summed E-state index contributed by atoms with van der Waals surface area (Å²) < 4.78 is 7.88. The normalized spacial score (nSPS) is 18.6. The second-order valence-electron chi connectivity index (χ2n) is 9.38. The Hall–Kier alpha value is -2.93. The molecular formula is C26H34N6O. The van der Waals surface area contributed by atoms with Crippen molar-refractivity contribution >= 4 is 5.69 Å². The maximum Gasteiger partial charge on any atom is 0.173 e. The Morgan fingerprint density at radius 1 is 0.970 bits per heavy atom. The number of nitrogens with zero attached hydrogens (tertiary/aromatic N) is 6. The van der Waals surface area contributed by atoms with Crippen LogP contribution in [-0.2, 0) is 0 Å². The summed E-state index contributed by atoms with van der Waals surface area (Å²) in [6, 6.07) is 15.4. The third-order valence-corrected chi connectivity index (χ3v) is 7.25. The van der Waals surface area contributed by atoms with E-state index in [-0.39, 0.29) is 6.04 Å². The molecule has 0 spiro atoms. The summed E-state index contributed by atoms with van der Waals surface area (Å²) in [4.78, 5) is 5.04. The lowest BCUT2D eigenvalue weighted by Gasteiger charge is -2.40. The van der Waals surface area contributed by atoms with Crippen LogP contribution >= 0.6 is 0 Å². The fraction of sp³-hybridized carbons (Fsp3) is 0.500. The lowest BCUT2D eigenvalue weighted by atomic mass is 10.0. The Morgan fingerprint density at radius 3 is 2.48 bits per heavy atom. The van der Waals surface area contributed by atoms with Crippen molar-refractivity contribution in [2.45, 2.75) is 51.6 Å². The van der Waals surface area contributed by atoms with Crippen LogP contribution in [0.3, 0.4) is 0 Å². The van der Waals surface area contributed by atoms with E-state index < -0.39 is 0 Å². The first-order chi connectivity index (χ1) is 16.2. The number of ether oxygens (including phenoxy) is 1. The second-order valence-corrected chi connectivity index (χ2v) is 9.38. The molecule has 2 fully saturated rings. The highest BCUT2D eigenvalue weighted by atomic mass is 16.5. The summed E-state index contributed by atoms with van der Waals surface area (Å²) in [7, 11) is 1.74. The van der Waals surface area contributed by atoms with E-state index in [1.165, 1.54) is 29.7 Å². The molecule has 5 rings (SSSR count). The number of aryl methyl sites for hydroxylation is 2. The topological polar surface area (TPSA) is 59.3 Å². The fourth-order valence-corrected chi connectivity index (χ4v) is 5.46. The van der Waals surface area contributed by atoms with Gasteiger partial charge in [0.2, 0.25) is 0 Å². The van der Waals surface area contributed by atoms with Gasteiger partial charge in [-0.2, -0.15) is 0 Å². The number of methoxy groups -OCH3 is 1. The highest BCUT2D eigenvalue weighted by molar-refractivity contribution is 5.55. The molecule has 2 heterocycles. The molecule has 1 aliphatic heterocycles. The molecule has 174 valence electrons. The van der Waals surface area contributed by atoms with Crippen molar-refractivity contribution in [3.63, 3.8) is 0 Å². The third kappa shape index (κ3) is 4.34. The van der Waals surface area contributed by atoms with Gasteiger partial charge in [-0.3, -0.25) is 4.90 Å². The second kappa shape index (κ2) is 9.51. The molecule has 1 aliphatic carbocycles. The Labute approximate surface area is 196 Å². The first-order valence-corrected chi connectivity index (χ1v) is 12.1. The number of tetrazole rings is 1. The van der Waals surface area contributed by atoms with Crippen molar-refractivity contribution in [2.75, 3.05) is 38.2 Å². The molecular weight excluding hydrogens is 412 g/mol. The van der Waals surface area contributed by atoms with E-state index >= 15 is 0 Å². The Bertz CT molecular complexity index is 1080. The molecule has 2 aromatic carbocycles. The van der Waals surface area contributed by atoms with Crippen LogP contribution in [0.25, 0.3) is 0 Å². The van der Waals surface area contributed by atoms with E-state index in [1.807, 2.05) is 12.1 Å². The first kappa shape index (κ1) is 21.9. The average molecular weight is 447 g/mol. The average Bonchev–Trinajstić information content (AvgIpc) is 3.54. The number of rotatable bonds is 6. The molecule has 0 bridgehead atoms. The highest BCUT2D eigenvalue weighted by Gasteiger charge is 2.34. The van der Waals surface area contributed by atoms with E-state index in [9.17, 15) is 0 Å². The molecule has 1 saturated heterocycles. The van der Waals surface area contributed by atoms with Gasteiger partial charge in [-0.1, -0.05) is 43.2 Å². The number of benzene rings is 2. The molecule has 1 saturated carbocycles. The number of para-hydroxylation sites is 1. The fourth-order valence-electron chi connectivity index (χ4n) is 5.46. The predicted octanol–water partition coefficient (Wildman–Crippen LogP) is 4.33. The van der Waals surface area contributed by atoms with Gasteiger partial charge >= 0.3 is 0 Å². The molecule has 2 aliphatic rings. The van der Waals surface area contributed by atoms with E-state index in [2.05, 4.69) is 74.2 Å². The zero-order valence-electron chi connectivity index (χ0n) is 19.9.